The Balaban J connectivity index is 2.32. The Hall–Kier alpha value is -0.380. The van der Waals surface area contributed by atoms with Crippen molar-refractivity contribution in [3.8, 4) is 0 Å². The average Bonchev–Trinajstić information content (AvgIpc) is 2.28. The van der Waals surface area contributed by atoms with Gasteiger partial charge in [-0.3, -0.25) is 4.99 Å². The lowest BCUT2D eigenvalue weighted by Crippen LogP contribution is -2.41. The van der Waals surface area contributed by atoms with Crippen molar-refractivity contribution in [2.45, 2.75) is 56.7 Å². The summed E-state index contributed by atoms with van der Waals surface area (Å²) in [5, 5.41) is 3.33. The summed E-state index contributed by atoms with van der Waals surface area (Å²) < 4.78 is 0.179. The number of rotatable bonds is 4. The van der Waals surface area contributed by atoms with E-state index in [-0.39, 0.29) is 4.75 Å². The minimum atomic E-state index is 0.179. The van der Waals surface area contributed by atoms with E-state index in [9.17, 15) is 0 Å². The number of thioether (sulfide) groups is 1. The number of hydrogen-bond donors (Lipinski definition) is 2. The van der Waals surface area contributed by atoms with Gasteiger partial charge in [0.15, 0.2) is 5.96 Å². The van der Waals surface area contributed by atoms with Gasteiger partial charge in [0.05, 0.1) is 6.54 Å². The molecule has 4 heteroatoms. The van der Waals surface area contributed by atoms with Gasteiger partial charge in [0.25, 0.3) is 0 Å². The third-order valence-electron chi connectivity index (χ3n) is 3.14. The van der Waals surface area contributed by atoms with Crippen LogP contribution in [0.1, 0.15) is 46.0 Å². The van der Waals surface area contributed by atoms with Crippen LogP contribution in [0, 0.1) is 0 Å². The Morgan fingerprint density at radius 1 is 1.38 bits per heavy atom. The quantitative estimate of drug-likeness (QED) is 0.589. The predicted octanol–water partition coefficient (Wildman–Crippen LogP) is 2.37. The molecule has 0 aromatic rings. The van der Waals surface area contributed by atoms with Crippen LogP contribution in [0.3, 0.4) is 0 Å². The molecule has 0 bridgehead atoms. The van der Waals surface area contributed by atoms with Crippen molar-refractivity contribution < 1.29 is 0 Å². The van der Waals surface area contributed by atoms with Crippen LogP contribution in [0.2, 0.25) is 0 Å². The molecule has 0 amide bonds. The van der Waals surface area contributed by atoms with Crippen molar-refractivity contribution in [2.24, 2.45) is 10.7 Å². The van der Waals surface area contributed by atoms with Crippen molar-refractivity contribution in [2.75, 3.05) is 12.8 Å². The molecular weight excluding hydrogens is 218 g/mol. The van der Waals surface area contributed by atoms with Crippen LogP contribution in [-0.2, 0) is 0 Å². The van der Waals surface area contributed by atoms with Crippen LogP contribution in [0.5, 0.6) is 0 Å². The number of guanidine groups is 1. The van der Waals surface area contributed by atoms with E-state index in [0.29, 0.717) is 12.0 Å². The van der Waals surface area contributed by atoms with E-state index in [1.807, 2.05) is 11.8 Å². The summed E-state index contributed by atoms with van der Waals surface area (Å²) in [4.78, 5) is 4.42. The Morgan fingerprint density at radius 3 is 2.56 bits per heavy atom. The van der Waals surface area contributed by atoms with Gasteiger partial charge in [0.1, 0.15) is 0 Å². The van der Waals surface area contributed by atoms with Crippen molar-refractivity contribution in [3.05, 3.63) is 0 Å². The van der Waals surface area contributed by atoms with Crippen molar-refractivity contribution in [1.82, 2.24) is 5.32 Å². The van der Waals surface area contributed by atoms with Crippen LogP contribution in [0.15, 0.2) is 4.99 Å². The second-order valence-electron chi connectivity index (χ2n) is 5.14. The molecule has 0 aromatic carbocycles. The molecule has 3 N–H and O–H groups in total. The number of nitrogens with zero attached hydrogens (tertiary/aromatic N) is 1. The van der Waals surface area contributed by atoms with Gasteiger partial charge in [-0.2, -0.15) is 11.8 Å². The molecule has 0 heterocycles. The highest BCUT2D eigenvalue weighted by atomic mass is 32.2. The third kappa shape index (κ3) is 5.10. The molecule has 0 radical (unpaired) electrons. The van der Waals surface area contributed by atoms with Gasteiger partial charge in [-0.05, 0) is 32.9 Å². The zero-order valence-corrected chi connectivity index (χ0v) is 11.6. The van der Waals surface area contributed by atoms with Gasteiger partial charge in [0, 0.05) is 10.8 Å². The summed E-state index contributed by atoms with van der Waals surface area (Å²) in [6.45, 7) is 5.16. The molecule has 1 fully saturated rings. The molecule has 1 rings (SSSR count). The van der Waals surface area contributed by atoms with Crippen LogP contribution in [0.25, 0.3) is 0 Å². The van der Waals surface area contributed by atoms with Gasteiger partial charge >= 0.3 is 0 Å². The maximum absolute atomic E-state index is 5.90. The average molecular weight is 243 g/mol. The van der Waals surface area contributed by atoms with Crippen molar-refractivity contribution >= 4 is 17.7 Å². The Labute approximate surface area is 104 Å². The lowest BCUT2D eigenvalue weighted by atomic mass is 9.96. The van der Waals surface area contributed by atoms with E-state index in [1.54, 1.807) is 0 Å². The summed E-state index contributed by atoms with van der Waals surface area (Å²) in [6.07, 6.45) is 8.60. The smallest absolute Gasteiger partial charge is 0.188 e. The van der Waals surface area contributed by atoms with Gasteiger partial charge < -0.3 is 11.1 Å². The Kier molecular flexibility index (Phi) is 5.46. The first-order valence-electron chi connectivity index (χ1n) is 6.15. The highest BCUT2D eigenvalue weighted by molar-refractivity contribution is 7.99. The molecule has 3 nitrogen and oxygen atoms in total. The van der Waals surface area contributed by atoms with E-state index in [4.69, 9.17) is 5.73 Å². The maximum Gasteiger partial charge on any atom is 0.188 e. The number of aliphatic imine (C=N–C) groups is 1. The topological polar surface area (TPSA) is 50.4 Å². The van der Waals surface area contributed by atoms with E-state index < -0.39 is 0 Å². The molecule has 94 valence electrons. The molecule has 1 aliphatic carbocycles. The lowest BCUT2D eigenvalue weighted by Gasteiger charge is -2.24. The molecule has 0 saturated heterocycles. The van der Waals surface area contributed by atoms with Crippen molar-refractivity contribution in [3.63, 3.8) is 0 Å². The summed E-state index contributed by atoms with van der Waals surface area (Å²) in [5.41, 5.74) is 5.90. The van der Waals surface area contributed by atoms with Gasteiger partial charge in [-0.1, -0.05) is 19.3 Å². The standard InChI is InChI=1S/C12H25N3S/c1-12(2,16-3)9-14-11(13)15-10-7-5-4-6-8-10/h10H,4-9H2,1-3H3,(H3,13,14,15). The fraction of sp³-hybridized carbons (Fsp3) is 0.917. The third-order valence-corrected chi connectivity index (χ3v) is 4.37. The van der Waals surface area contributed by atoms with Gasteiger partial charge in [-0.15, -0.1) is 0 Å². The summed E-state index contributed by atoms with van der Waals surface area (Å²) in [6, 6.07) is 0.551. The number of nitrogens with one attached hydrogen (secondary N) is 1. The largest absolute Gasteiger partial charge is 0.370 e. The molecule has 0 aromatic heterocycles. The molecular formula is C12H25N3S. The fourth-order valence-corrected chi connectivity index (χ4v) is 2.04. The minimum Gasteiger partial charge on any atom is -0.370 e. The van der Waals surface area contributed by atoms with Crippen molar-refractivity contribution in [1.29, 1.82) is 0 Å². The van der Waals surface area contributed by atoms with E-state index in [0.717, 1.165) is 6.54 Å². The first-order valence-corrected chi connectivity index (χ1v) is 7.37. The molecule has 0 atom stereocenters. The maximum atomic E-state index is 5.90. The summed E-state index contributed by atoms with van der Waals surface area (Å²) >= 11 is 1.82. The number of hydrogen-bond acceptors (Lipinski definition) is 2. The van der Waals surface area contributed by atoms with Crippen LogP contribution < -0.4 is 11.1 Å². The fourth-order valence-electron chi connectivity index (χ4n) is 1.84. The lowest BCUT2D eigenvalue weighted by molar-refractivity contribution is 0.412. The Bertz CT molecular complexity index is 232. The Morgan fingerprint density at radius 2 is 2.00 bits per heavy atom. The second kappa shape index (κ2) is 6.38. The molecule has 16 heavy (non-hydrogen) atoms. The first kappa shape index (κ1) is 13.7. The SMILES string of the molecule is CSC(C)(C)CN=C(N)NC1CCCCC1. The summed E-state index contributed by atoms with van der Waals surface area (Å²) in [7, 11) is 0. The number of nitrogens with two attached hydrogens (primary N) is 1. The zero-order chi connectivity index (χ0) is 12.0. The minimum absolute atomic E-state index is 0.179. The highest BCUT2D eigenvalue weighted by Crippen LogP contribution is 2.21. The van der Waals surface area contributed by atoms with Crippen LogP contribution in [0.4, 0.5) is 0 Å². The monoisotopic (exact) mass is 243 g/mol. The molecule has 0 unspecified atom stereocenters. The van der Waals surface area contributed by atoms with Crippen LogP contribution >= 0.6 is 11.8 Å². The predicted molar refractivity (Wildman–Crippen MR) is 74.1 cm³/mol. The molecule has 0 spiro atoms. The van der Waals surface area contributed by atoms with E-state index in [1.165, 1.54) is 32.1 Å². The molecule has 1 saturated carbocycles. The molecule has 0 aliphatic heterocycles. The van der Waals surface area contributed by atoms with E-state index in [2.05, 4.69) is 30.4 Å². The first-order chi connectivity index (χ1) is 7.53. The second-order valence-corrected chi connectivity index (χ2v) is 6.66. The van der Waals surface area contributed by atoms with Crippen LogP contribution in [-0.4, -0.2) is 29.5 Å². The van der Waals surface area contributed by atoms with Gasteiger partial charge in [0.2, 0.25) is 0 Å². The van der Waals surface area contributed by atoms with Gasteiger partial charge in [-0.25, -0.2) is 0 Å². The normalized spacial score (nSPS) is 19.8. The summed E-state index contributed by atoms with van der Waals surface area (Å²) in [5.74, 6) is 0.619. The van der Waals surface area contributed by atoms with E-state index >= 15 is 0 Å². The molecule has 1 aliphatic rings. The highest BCUT2D eigenvalue weighted by Gasteiger charge is 2.16. The zero-order valence-electron chi connectivity index (χ0n) is 10.8.